The van der Waals surface area contributed by atoms with Crippen LogP contribution < -0.4 is 10.6 Å². The van der Waals surface area contributed by atoms with Gasteiger partial charge >= 0.3 is 12.0 Å². The van der Waals surface area contributed by atoms with E-state index in [2.05, 4.69) is 10.6 Å². The number of halogens is 1. The molecule has 1 aromatic carbocycles. The number of nitrogens with one attached hydrogen (secondary N) is 2. The Morgan fingerprint density at radius 2 is 1.81 bits per heavy atom. The third kappa shape index (κ3) is 4.71. The molecule has 7 nitrogen and oxygen atoms in total. The minimum atomic E-state index is -0.968. The van der Waals surface area contributed by atoms with Crippen molar-refractivity contribution >= 4 is 29.5 Å². The fourth-order valence-corrected chi connectivity index (χ4v) is 4.26. The largest absolute Gasteiger partial charge is 0.480 e. The van der Waals surface area contributed by atoms with Gasteiger partial charge in [-0.2, -0.15) is 0 Å². The highest BCUT2D eigenvalue weighted by Crippen LogP contribution is 2.39. The molecule has 1 aromatic rings. The van der Waals surface area contributed by atoms with Crippen LogP contribution in [0.1, 0.15) is 37.7 Å². The lowest BCUT2D eigenvalue weighted by atomic mass is 9.85. The van der Waals surface area contributed by atoms with Crippen LogP contribution in [-0.4, -0.2) is 46.5 Å². The number of amides is 3. The van der Waals surface area contributed by atoms with Gasteiger partial charge in [0, 0.05) is 17.6 Å². The third-order valence-electron chi connectivity index (χ3n) is 5.43. The van der Waals surface area contributed by atoms with Crippen molar-refractivity contribution in [2.24, 2.45) is 5.92 Å². The summed E-state index contributed by atoms with van der Waals surface area (Å²) < 4.78 is 0. The van der Waals surface area contributed by atoms with Gasteiger partial charge in [0.25, 0.3) is 0 Å². The van der Waals surface area contributed by atoms with E-state index in [1.807, 2.05) is 0 Å². The Bertz CT molecular complexity index is 709. The molecule has 8 heteroatoms. The molecule has 3 rings (SSSR count). The number of nitrogens with zero attached hydrogens (tertiary/aromatic N) is 1. The zero-order valence-corrected chi connectivity index (χ0v) is 15.7. The maximum atomic E-state index is 12.6. The number of carbonyl (C=O) groups excluding carboxylic acids is 2. The molecule has 0 bridgehead atoms. The van der Waals surface area contributed by atoms with Gasteiger partial charge in [0.1, 0.15) is 6.04 Å². The van der Waals surface area contributed by atoms with E-state index < -0.39 is 18.0 Å². The van der Waals surface area contributed by atoms with Gasteiger partial charge in [0.15, 0.2) is 0 Å². The lowest BCUT2D eigenvalue weighted by Gasteiger charge is -2.33. The average Bonchev–Trinajstić information content (AvgIpc) is 3.05. The summed E-state index contributed by atoms with van der Waals surface area (Å²) >= 11 is 5.82. The first-order chi connectivity index (χ1) is 13.0. The Kier molecular flexibility index (Phi) is 6.21. The number of hydrogen-bond donors (Lipinski definition) is 3. The summed E-state index contributed by atoms with van der Waals surface area (Å²) in [7, 11) is 0. The number of aliphatic carboxylic acids is 1. The summed E-state index contributed by atoms with van der Waals surface area (Å²) in [5.41, 5.74) is 0.886. The summed E-state index contributed by atoms with van der Waals surface area (Å²) in [4.78, 5) is 37.7. The van der Waals surface area contributed by atoms with E-state index in [9.17, 15) is 19.5 Å². The van der Waals surface area contributed by atoms with Gasteiger partial charge in [-0.3, -0.25) is 4.79 Å². The highest BCUT2D eigenvalue weighted by atomic mass is 35.5. The van der Waals surface area contributed by atoms with E-state index in [0.717, 1.165) is 31.2 Å². The second kappa shape index (κ2) is 8.61. The number of fused-ring (bicyclic) bond motifs is 1. The molecule has 2 aliphatic rings. The van der Waals surface area contributed by atoms with Crippen molar-refractivity contribution in [3.05, 3.63) is 34.9 Å². The predicted octanol–water partition coefficient (Wildman–Crippen LogP) is 2.38. The quantitative estimate of drug-likeness (QED) is 0.715. The van der Waals surface area contributed by atoms with Crippen molar-refractivity contribution < 1.29 is 19.5 Å². The Labute approximate surface area is 163 Å². The number of hydrogen-bond acceptors (Lipinski definition) is 3. The van der Waals surface area contributed by atoms with Crippen molar-refractivity contribution in [3.63, 3.8) is 0 Å². The molecular formula is C19H24ClN3O4. The van der Waals surface area contributed by atoms with Crippen LogP contribution in [0.3, 0.4) is 0 Å². The van der Waals surface area contributed by atoms with Crippen molar-refractivity contribution in [1.29, 1.82) is 0 Å². The first-order valence-corrected chi connectivity index (χ1v) is 9.63. The van der Waals surface area contributed by atoms with Gasteiger partial charge in [-0.05, 0) is 42.9 Å². The Hall–Kier alpha value is -2.28. The molecule has 1 saturated heterocycles. The van der Waals surface area contributed by atoms with Crippen molar-refractivity contribution in [3.8, 4) is 0 Å². The number of benzene rings is 1. The monoisotopic (exact) mass is 393 g/mol. The zero-order valence-electron chi connectivity index (χ0n) is 15.0. The lowest BCUT2D eigenvalue weighted by Crippen LogP contribution is -2.50. The molecule has 27 heavy (non-hydrogen) atoms. The second-order valence-electron chi connectivity index (χ2n) is 7.17. The molecule has 3 amide bonds. The van der Waals surface area contributed by atoms with Crippen molar-refractivity contribution in [2.75, 3.05) is 6.54 Å². The molecule has 146 valence electrons. The number of carboxylic acids is 1. The molecule has 1 aliphatic carbocycles. The molecule has 0 spiro atoms. The predicted molar refractivity (Wildman–Crippen MR) is 100 cm³/mol. The van der Waals surface area contributed by atoms with E-state index in [-0.39, 0.29) is 24.4 Å². The SMILES string of the molecule is O=C(NCC(=O)N1C(C(=O)O)CC2CCCCC21)NCc1ccc(Cl)cc1. The summed E-state index contributed by atoms with van der Waals surface area (Å²) in [6, 6.07) is 5.80. The van der Waals surface area contributed by atoms with Gasteiger partial charge in [-0.15, -0.1) is 0 Å². The van der Waals surface area contributed by atoms with Gasteiger partial charge in [-0.25, -0.2) is 9.59 Å². The van der Waals surface area contributed by atoms with Crippen LogP contribution in [-0.2, 0) is 16.1 Å². The van der Waals surface area contributed by atoms with Gasteiger partial charge in [-0.1, -0.05) is 36.6 Å². The maximum absolute atomic E-state index is 12.6. The summed E-state index contributed by atoms with van der Waals surface area (Å²) in [6.45, 7) is 0.100. The summed E-state index contributed by atoms with van der Waals surface area (Å²) in [6.07, 6.45) is 4.40. The molecule has 3 N–H and O–H groups in total. The number of carboxylic acid groups (broad SMARTS) is 1. The zero-order chi connectivity index (χ0) is 19.4. The summed E-state index contributed by atoms with van der Waals surface area (Å²) in [5.74, 6) is -1.05. The van der Waals surface area contributed by atoms with Crippen molar-refractivity contribution in [1.82, 2.24) is 15.5 Å². The van der Waals surface area contributed by atoms with E-state index in [4.69, 9.17) is 11.6 Å². The molecule has 1 heterocycles. The highest BCUT2D eigenvalue weighted by Gasteiger charge is 2.47. The van der Waals surface area contributed by atoms with Crippen LogP contribution in [0.2, 0.25) is 5.02 Å². The number of rotatable bonds is 5. The molecule has 3 unspecified atom stereocenters. The molecule has 0 radical (unpaired) electrons. The van der Waals surface area contributed by atoms with Gasteiger partial charge in [0.2, 0.25) is 5.91 Å². The normalized spacial score (nSPS) is 24.2. The Balaban J connectivity index is 1.51. The Morgan fingerprint density at radius 1 is 1.11 bits per heavy atom. The standard InChI is InChI=1S/C19H24ClN3O4/c20-14-7-5-12(6-8-14)10-21-19(27)22-11-17(24)23-15-4-2-1-3-13(15)9-16(23)18(25)26/h5-8,13,15-16H,1-4,9-11H2,(H,25,26)(H2,21,22,27). The van der Waals surface area contributed by atoms with Gasteiger partial charge < -0.3 is 20.6 Å². The topological polar surface area (TPSA) is 98.7 Å². The Morgan fingerprint density at radius 3 is 2.52 bits per heavy atom. The van der Waals surface area contributed by atoms with Crippen LogP contribution in [0.25, 0.3) is 0 Å². The van der Waals surface area contributed by atoms with E-state index in [0.29, 0.717) is 18.0 Å². The van der Waals surface area contributed by atoms with Crippen LogP contribution in [0.15, 0.2) is 24.3 Å². The number of likely N-dealkylation sites (tertiary alicyclic amines) is 1. The minimum Gasteiger partial charge on any atom is -0.480 e. The third-order valence-corrected chi connectivity index (χ3v) is 5.68. The molecule has 2 fully saturated rings. The molecule has 0 aromatic heterocycles. The van der Waals surface area contributed by atoms with E-state index in [1.165, 1.54) is 4.90 Å². The smallest absolute Gasteiger partial charge is 0.326 e. The highest BCUT2D eigenvalue weighted by molar-refractivity contribution is 6.30. The van der Waals surface area contributed by atoms with Crippen molar-refractivity contribution in [2.45, 2.75) is 50.7 Å². The molecule has 1 aliphatic heterocycles. The average molecular weight is 394 g/mol. The van der Waals surface area contributed by atoms with Crippen LogP contribution >= 0.6 is 11.6 Å². The maximum Gasteiger partial charge on any atom is 0.326 e. The number of carbonyl (C=O) groups is 3. The van der Waals surface area contributed by atoms with Crippen LogP contribution in [0.4, 0.5) is 4.79 Å². The van der Waals surface area contributed by atoms with Crippen LogP contribution in [0, 0.1) is 5.92 Å². The first kappa shape index (κ1) is 19.5. The van der Waals surface area contributed by atoms with E-state index >= 15 is 0 Å². The first-order valence-electron chi connectivity index (χ1n) is 9.26. The lowest BCUT2D eigenvalue weighted by molar-refractivity contribution is -0.149. The summed E-state index contributed by atoms with van der Waals surface area (Å²) in [5, 5.41) is 15.3. The fraction of sp³-hybridized carbons (Fsp3) is 0.526. The molecular weight excluding hydrogens is 370 g/mol. The molecule has 3 atom stereocenters. The van der Waals surface area contributed by atoms with Gasteiger partial charge in [0.05, 0.1) is 6.54 Å². The van der Waals surface area contributed by atoms with Crippen LogP contribution in [0.5, 0.6) is 0 Å². The second-order valence-corrected chi connectivity index (χ2v) is 7.60. The number of urea groups is 1. The fourth-order valence-electron chi connectivity index (χ4n) is 4.13. The van der Waals surface area contributed by atoms with E-state index in [1.54, 1.807) is 24.3 Å². The minimum absolute atomic E-state index is 0.0220. The molecule has 1 saturated carbocycles.